The van der Waals surface area contributed by atoms with E-state index in [1.54, 1.807) is 0 Å². The van der Waals surface area contributed by atoms with Crippen molar-refractivity contribution in [3.8, 4) is 0 Å². The Labute approximate surface area is 71.0 Å². The zero-order valence-corrected chi connectivity index (χ0v) is 6.39. The summed E-state index contributed by atoms with van der Waals surface area (Å²) in [6, 6.07) is 0. The molecule has 0 aromatic heterocycles. The second kappa shape index (κ2) is 6.58. The lowest BCUT2D eigenvalue weighted by molar-refractivity contribution is -0.131. The molecule has 0 heterocycles. The van der Waals surface area contributed by atoms with E-state index in [4.69, 9.17) is 9.22 Å². The van der Waals surface area contributed by atoms with Gasteiger partial charge in [0.1, 0.15) is 0 Å². The Kier molecular flexibility index (Phi) is 4.07. The van der Waals surface area contributed by atoms with Crippen molar-refractivity contribution in [1.29, 1.82) is 0 Å². The zero-order chi connectivity index (χ0) is 9.78. The van der Waals surface area contributed by atoms with Crippen LogP contribution in [0.2, 0.25) is 0 Å². The van der Waals surface area contributed by atoms with Gasteiger partial charge in [-0.05, 0) is 14.0 Å². The summed E-state index contributed by atoms with van der Waals surface area (Å²) >= 11 is 0. The molecule has 0 spiro atoms. The first kappa shape index (κ1) is 6.19. The molecule has 0 saturated carbocycles. The molecule has 1 N–H and O–H groups in total. The van der Waals surface area contributed by atoms with Gasteiger partial charge in [0.15, 0.2) is 0 Å². The van der Waals surface area contributed by atoms with E-state index < -0.39 is 12.9 Å². The standard InChI is InChI=1S/C6H11NO2.ClH/c1-7(2)5-3-4-6(8)9;/h3-4H,5H2,1-2H3,(H,8,9);1H/b4-3+;/i1D3;. The Bertz CT molecular complexity index is 193. The molecule has 60 valence electrons. The fourth-order valence-electron chi connectivity index (χ4n) is 0.312. The van der Waals surface area contributed by atoms with E-state index in [1.165, 1.54) is 13.1 Å². The highest BCUT2D eigenvalue weighted by molar-refractivity contribution is 5.85. The lowest BCUT2D eigenvalue weighted by Gasteiger charge is -2.02. The Morgan fingerprint density at radius 3 is 2.90 bits per heavy atom. The Hall–Kier alpha value is -0.540. The van der Waals surface area contributed by atoms with Gasteiger partial charge in [-0.3, -0.25) is 0 Å². The number of carboxylic acids is 1. The minimum Gasteiger partial charge on any atom is -0.478 e. The first-order valence-electron chi connectivity index (χ1n) is 3.95. The average molecular weight is 169 g/mol. The smallest absolute Gasteiger partial charge is 0.328 e. The highest BCUT2D eigenvalue weighted by Crippen LogP contribution is 1.76. The maximum Gasteiger partial charge on any atom is 0.328 e. The maximum atomic E-state index is 9.98. The number of halogens is 1. The molecule has 10 heavy (non-hydrogen) atoms. The SMILES string of the molecule is Cl.[2H]C([2H])([2H])N(C)C/C=C/C(=O)O. The Morgan fingerprint density at radius 1 is 1.90 bits per heavy atom. The molecule has 0 radical (unpaired) electrons. The van der Waals surface area contributed by atoms with Crippen molar-refractivity contribution in [2.24, 2.45) is 0 Å². The topological polar surface area (TPSA) is 40.5 Å². The predicted octanol–water partition coefficient (Wildman–Crippen LogP) is 0.611. The third-order valence-electron chi connectivity index (χ3n) is 0.640. The van der Waals surface area contributed by atoms with Crippen LogP contribution in [0, 0.1) is 0 Å². The molecule has 0 bridgehead atoms. The maximum absolute atomic E-state index is 9.98. The van der Waals surface area contributed by atoms with Gasteiger partial charge in [-0.25, -0.2) is 4.79 Å². The quantitative estimate of drug-likeness (QED) is 0.628. The van der Waals surface area contributed by atoms with Gasteiger partial charge >= 0.3 is 5.97 Å². The van der Waals surface area contributed by atoms with Crippen LogP contribution in [0.15, 0.2) is 12.2 Å². The number of carbonyl (C=O) groups is 1. The average Bonchev–Trinajstić information content (AvgIpc) is 1.84. The van der Waals surface area contributed by atoms with Gasteiger partial charge in [-0.2, -0.15) is 0 Å². The number of carboxylic acid groups (broad SMARTS) is 1. The van der Waals surface area contributed by atoms with Crippen LogP contribution in [0.1, 0.15) is 4.11 Å². The first-order chi connectivity index (χ1) is 5.34. The molecule has 0 aliphatic heterocycles. The van der Waals surface area contributed by atoms with Gasteiger partial charge in [0, 0.05) is 16.7 Å². The van der Waals surface area contributed by atoms with Gasteiger partial charge in [0.05, 0.1) is 0 Å². The molecule has 0 amide bonds. The summed E-state index contributed by atoms with van der Waals surface area (Å²) in [5.74, 6) is -1.08. The van der Waals surface area contributed by atoms with E-state index in [9.17, 15) is 4.79 Å². The van der Waals surface area contributed by atoms with E-state index in [0.717, 1.165) is 11.0 Å². The Morgan fingerprint density at radius 2 is 2.50 bits per heavy atom. The van der Waals surface area contributed by atoms with Gasteiger partial charge in [0.2, 0.25) is 0 Å². The summed E-state index contributed by atoms with van der Waals surface area (Å²) < 4.78 is 20.7. The zero-order valence-electron chi connectivity index (χ0n) is 8.57. The first-order valence-corrected chi connectivity index (χ1v) is 2.45. The second-order valence-electron chi connectivity index (χ2n) is 1.62. The predicted molar refractivity (Wildman–Crippen MR) is 42.6 cm³/mol. The molecule has 0 rings (SSSR count). The highest BCUT2D eigenvalue weighted by Gasteiger charge is 1.85. The van der Waals surface area contributed by atoms with Crippen molar-refractivity contribution < 1.29 is 14.0 Å². The lowest BCUT2D eigenvalue weighted by Crippen LogP contribution is -2.10. The summed E-state index contributed by atoms with van der Waals surface area (Å²) in [6.07, 6.45) is 2.21. The molecule has 0 aliphatic rings. The van der Waals surface area contributed by atoms with Crippen LogP contribution in [0.4, 0.5) is 0 Å². The summed E-state index contributed by atoms with van der Waals surface area (Å²) in [6.45, 7) is -2.06. The minimum absolute atomic E-state index is 0. The molecule has 0 atom stereocenters. The van der Waals surface area contributed by atoms with Crippen LogP contribution >= 0.6 is 12.4 Å². The fraction of sp³-hybridized carbons (Fsp3) is 0.500. The largest absolute Gasteiger partial charge is 0.478 e. The normalized spacial score (nSPS) is 15.6. The van der Waals surface area contributed by atoms with E-state index in [2.05, 4.69) is 0 Å². The van der Waals surface area contributed by atoms with Crippen molar-refractivity contribution in [3.63, 3.8) is 0 Å². The van der Waals surface area contributed by atoms with Crippen LogP contribution in [-0.4, -0.2) is 36.5 Å². The highest BCUT2D eigenvalue weighted by atomic mass is 35.5. The Balaban J connectivity index is 0. The number of rotatable bonds is 3. The second-order valence-corrected chi connectivity index (χ2v) is 1.62. The van der Waals surface area contributed by atoms with E-state index >= 15 is 0 Å². The minimum atomic E-state index is -2.16. The van der Waals surface area contributed by atoms with Crippen molar-refractivity contribution in [2.45, 2.75) is 0 Å². The molecule has 0 fully saturated rings. The van der Waals surface area contributed by atoms with Crippen LogP contribution in [0.5, 0.6) is 0 Å². The third kappa shape index (κ3) is 10.4. The molecule has 0 aliphatic carbocycles. The van der Waals surface area contributed by atoms with Crippen molar-refractivity contribution >= 4 is 18.4 Å². The number of hydrogen-bond acceptors (Lipinski definition) is 2. The summed E-state index contributed by atoms with van der Waals surface area (Å²) in [5.41, 5.74) is 0. The van der Waals surface area contributed by atoms with Crippen LogP contribution < -0.4 is 0 Å². The van der Waals surface area contributed by atoms with Crippen molar-refractivity contribution in [1.82, 2.24) is 4.90 Å². The van der Waals surface area contributed by atoms with Crippen molar-refractivity contribution in [2.75, 3.05) is 20.6 Å². The monoisotopic (exact) mass is 168 g/mol. The number of hydrogen-bond donors (Lipinski definition) is 1. The fourth-order valence-corrected chi connectivity index (χ4v) is 0.312. The molecule has 0 unspecified atom stereocenters. The third-order valence-corrected chi connectivity index (χ3v) is 0.640. The van der Waals surface area contributed by atoms with E-state index in [-0.39, 0.29) is 19.0 Å². The van der Waals surface area contributed by atoms with Crippen LogP contribution in [0.25, 0.3) is 0 Å². The molecule has 0 saturated heterocycles. The summed E-state index contributed by atoms with van der Waals surface area (Å²) in [4.78, 5) is 11.1. The van der Waals surface area contributed by atoms with Gasteiger partial charge < -0.3 is 10.0 Å². The van der Waals surface area contributed by atoms with Crippen molar-refractivity contribution in [3.05, 3.63) is 12.2 Å². The summed E-state index contributed by atoms with van der Waals surface area (Å²) in [7, 11) is 1.40. The van der Waals surface area contributed by atoms with Gasteiger partial charge in [0.25, 0.3) is 0 Å². The molecular formula is C6H12ClNO2. The molecule has 4 heteroatoms. The number of aliphatic carboxylic acids is 1. The number of nitrogens with zero attached hydrogens (tertiary/aromatic N) is 1. The van der Waals surface area contributed by atoms with E-state index in [1.807, 2.05) is 0 Å². The van der Waals surface area contributed by atoms with Gasteiger partial charge in [-0.1, -0.05) is 6.08 Å². The van der Waals surface area contributed by atoms with Crippen LogP contribution in [-0.2, 0) is 4.79 Å². The lowest BCUT2D eigenvalue weighted by atomic mass is 10.5. The van der Waals surface area contributed by atoms with Gasteiger partial charge in [-0.15, -0.1) is 12.4 Å². The molecule has 0 aromatic rings. The molecular weight excluding hydrogens is 154 g/mol. The molecule has 3 nitrogen and oxygen atoms in total. The number of likely N-dealkylation sites (N-methyl/N-ethyl adjacent to an activating group) is 1. The van der Waals surface area contributed by atoms with E-state index in [0.29, 0.717) is 0 Å². The summed E-state index contributed by atoms with van der Waals surface area (Å²) in [5, 5.41) is 8.18. The van der Waals surface area contributed by atoms with Crippen LogP contribution in [0.3, 0.4) is 0 Å². The molecule has 0 aromatic carbocycles.